The van der Waals surface area contributed by atoms with Crippen LogP contribution in [-0.4, -0.2) is 49.2 Å². The molecule has 1 aliphatic heterocycles. The maximum atomic E-state index is 11.6. The van der Waals surface area contributed by atoms with Crippen LogP contribution < -0.4 is 11.5 Å². The van der Waals surface area contributed by atoms with Gasteiger partial charge in [0.05, 0.1) is 0 Å². The van der Waals surface area contributed by atoms with E-state index in [0.29, 0.717) is 12.6 Å². The van der Waals surface area contributed by atoms with Crippen molar-refractivity contribution in [1.82, 2.24) is 4.90 Å². The van der Waals surface area contributed by atoms with Gasteiger partial charge in [-0.15, -0.1) is 0 Å². The number of carbonyl (C=O) groups excluding carboxylic acids is 1. The van der Waals surface area contributed by atoms with E-state index in [2.05, 4.69) is 4.90 Å². The first-order valence-electron chi connectivity index (χ1n) is 6.41. The maximum absolute atomic E-state index is 11.6. The average Bonchev–Trinajstić information content (AvgIpc) is 3.13. The minimum absolute atomic E-state index is 0.280. The van der Waals surface area contributed by atoms with Gasteiger partial charge in [0.15, 0.2) is 0 Å². The summed E-state index contributed by atoms with van der Waals surface area (Å²) in [6.45, 7) is 2.16. The van der Waals surface area contributed by atoms with Gasteiger partial charge in [0.25, 0.3) is 0 Å². The van der Waals surface area contributed by atoms with Gasteiger partial charge in [0.1, 0.15) is 5.54 Å². The van der Waals surface area contributed by atoms with Gasteiger partial charge in [-0.05, 0) is 38.6 Å². The van der Waals surface area contributed by atoms with E-state index in [1.807, 2.05) is 7.05 Å². The molecule has 1 saturated carbocycles. The second-order valence-corrected chi connectivity index (χ2v) is 5.44. The van der Waals surface area contributed by atoms with Crippen LogP contribution in [0.15, 0.2) is 0 Å². The Hall–Kier alpha value is -0.650. The van der Waals surface area contributed by atoms with E-state index >= 15 is 0 Å². The lowest BCUT2D eigenvalue weighted by atomic mass is 9.92. The van der Waals surface area contributed by atoms with Crippen molar-refractivity contribution in [2.75, 3.05) is 26.8 Å². The van der Waals surface area contributed by atoms with Crippen molar-refractivity contribution in [3.05, 3.63) is 0 Å². The number of ether oxygens (including phenoxy) is 1. The van der Waals surface area contributed by atoms with Crippen molar-refractivity contribution < 1.29 is 9.53 Å². The Morgan fingerprint density at radius 1 is 1.35 bits per heavy atom. The van der Waals surface area contributed by atoms with Gasteiger partial charge in [-0.2, -0.15) is 0 Å². The molecule has 0 spiro atoms. The van der Waals surface area contributed by atoms with Crippen LogP contribution in [-0.2, 0) is 9.53 Å². The van der Waals surface area contributed by atoms with Gasteiger partial charge < -0.3 is 21.1 Å². The molecule has 2 rings (SSSR count). The normalized spacial score (nSPS) is 25.8. The molecule has 0 radical (unpaired) electrons. The zero-order valence-corrected chi connectivity index (χ0v) is 10.5. The Bertz CT molecular complexity index is 287. The Labute approximate surface area is 102 Å². The maximum Gasteiger partial charge on any atom is 0.239 e. The molecule has 1 unspecified atom stereocenters. The van der Waals surface area contributed by atoms with Crippen LogP contribution in [0.2, 0.25) is 0 Å². The summed E-state index contributed by atoms with van der Waals surface area (Å²) in [4.78, 5) is 13.8. The summed E-state index contributed by atoms with van der Waals surface area (Å²) < 4.78 is 5.34. The molecule has 17 heavy (non-hydrogen) atoms. The van der Waals surface area contributed by atoms with E-state index in [-0.39, 0.29) is 11.8 Å². The van der Waals surface area contributed by atoms with Gasteiger partial charge >= 0.3 is 0 Å². The van der Waals surface area contributed by atoms with Crippen LogP contribution in [0, 0.1) is 5.92 Å². The van der Waals surface area contributed by atoms with Crippen LogP contribution in [0.1, 0.15) is 25.7 Å². The van der Waals surface area contributed by atoms with Crippen molar-refractivity contribution >= 4 is 5.91 Å². The predicted octanol–water partition coefficient (Wildman–Crippen LogP) is -0.310. The lowest BCUT2D eigenvalue weighted by Gasteiger charge is -2.37. The third-order valence-corrected chi connectivity index (χ3v) is 4.09. The molecule has 1 saturated heterocycles. The fourth-order valence-electron chi connectivity index (χ4n) is 2.67. The first kappa shape index (κ1) is 12.8. The van der Waals surface area contributed by atoms with Gasteiger partial charge in [0.2, 0.25) is 5.91 Å². The van der Waals surface area contributed by atoms with E-state index in [1.54, 1.807) is 0 Å². The third kappa shape index (κ3) is 2.78. The number of nitrogens with two attached hydrogens (primary N) is 2. The molecule has 2 aliphatic rings. The molecule has 1 aliphatic carbocycles. The highest BCUT2D eigenvalue weighted by atomic mass is 16.5. The minimum Gasteiger partial charge on any atom is -0.381 e. The zero-order chi connectivity index (χ0) is 12.5. The molecule has 0 aromatic rings. The summed E-state index contributed by atoms with van der Waals surface area (Å²) in [5.41, 5.74) is 10.8. The van der Waals surface area contributed by atoms with Crippen molar-refractivity contribution in [1.29, 1.82) is 0 Å². The Balaban J connectivity index is 1.95. The molecule has 0 aromatic carbocycles. The van der Waals surface area contributed by atoms with E-state index in [1.165, 1.54) is 0 Å². The molecule has 1 heterocycles. The topological polar surface area (TPSA) is 81.6 Å². The molecule has 5 heteroatoms. The Morgan fingerprint density at radius 2 is 1.94 bits per heavy atom. The molecule has 1 amide bonds. The largest absolute Gasteiger partial charge is 0.381 e. The SMILES string of the molecule is CN(CC(N)(C(N)=O)C1CC1)C1CCOCC1. The van der Waals surface area contributed by atoms with Gasteiger partial charge in [-0.25, -0.2) is 0 Å². The summed E-state index contributed by atoms with van der Waals surface area (Å²) in [6.07, 6.45) is 4.08. The summed E-state index contributed by atoms with van der Waals surface area (Å²) in [7, 11) is 2.03. The molecule has 5 nitrogen and oxygen atoms in total. The first-order chi connectivity index (χ1) is 8.04. The Kier molecular flexibility index (Phi) is 3.70. The molecule has 0 bridgehead atoms. The molecule has 98 valence electrons. The first-order valence-corrected chi connectivity index (χ1v) is 6.41. The predicted molar refractivity (Wildman–Crippen MR) is 65.3 cm³/mol. The lowest BCUT2D eigenvalue weighted by molar-refractivity contribution is -0.125. The fraction of sp³-hybridized carbons (Fsp3) is 0.917. The van der Waals surface area contributed by atoms with Gasteiger partial charge in [0, 0.05) is 25.8 Å². The standard InChI is InChI=1S/C12H23N3O2/c1-15(10-4-6-17-7-5-10)8-12(14,11(13)16)9-2-3-9/h9-10H,2-8,14H2,1H3,(H2,13,16). The number of hydrogen-bond acceptors (Lipinski definition) is 4. The number of hydrogen-bond donors (Lipinski definition) is 2. The van der Waals surface area contributed by atoms with Gasteiger partial charge in [-0.1, -0.05) is 0 Å². The van der Waals surface area contributed by atoms with Crippen molar-refractivity contribution in [2.24, 2.45) is 17.4 Å². The van der Waals surface area contributed by atoms with Gasteiger partial charge in [-0.3, -0.25) is 4.79 Å². The van der Waals surface area contributed by atoms with E-state index in [4.69, 9.17) is 16.2 Å². The highest BCUT2D eigenvalue weighted by Crippen LogP contribution is 2.38. The highest BCUT2D eigenvalue weighted by Gasteiger charge is 2.47. The van der Waals surface area contributed by atoms with Crippen LogP contribution >= 0.6 is 0 Å². The third-order valence-electron chi connectivity index (χ3n) is 4.09. The van der Waals surface area contributed by atoms with E-state index < -0.39 is 5.54 Å². The number of carbonyl (C=O) groups is 1. The number of rotatable bonds is 5. The van der Waals surface area contributed by atoms with Crippen LogP contribution in [0.5, 0.6) is 0 Å². The summed E-state index contributed by atoms with van der Waals surface area (Å²) in [6, 6.07) is 0.463. The summed E-state index contributed by atoms with van der Waals surface area (Å²) in [5, 5.41) is 0. The molecule has 0 aromatic heterocycles. The number of amides is 1. The molecular weight excluding hydrogens is 218 g/mol. The Morgan fingerprint density at radius 3 is 2.41 bits per heavy atom. The van der Waals surface area contributed by atoms with Crippen LogP contribution in [0.3, 0.4) is 0 Å². The van der Waals surface area contributed by atoms with Crippen molar-refractivity contribution in [2.45, 2.75) is 37.3 Å². The molecule has 1 atom stereocenters. The van der Waals surface area contributed by atoms with Crippen LogP contribution in [0.25, 0.3) is 0 Å². The monoisotopic (exact) mass is 241 g/mol. The molecular formula is C12H23N3O2. The van der Waals surface area contributed by atoms with Crippen LogP contribution in [0.4, 0.5) is 0 Å². The number of likely N-dealkylation sites (N-methyl/N-ethyl adjacent to an activating group) is 1. The lowest BCUT2D eigenvalue weighted by Crippen LogP contribution is -2.61. The molecule has 4 N–H and O–H groups in total. The van der Waals surface area contributed by atoms with Crippen molar-refractivity contribution in [3.8, 4) is 0 Å². The quantitative estimate of drug-likeness (QED) is 0.692. The smallest absolute Gasteiger partial charge is 0.239 e. The minimum atomic E-state index is -0.840. The summed E-state index contributed by atoms with van der Waals surface area (Å²) in [5.74, 6) is -0.0822. The number of nitrogens with zero attached hydrogens (tertiary/aromatic N) is 1. The second-order valence-electron chi connectivity index (χ2n) is 5.44. The number of primary amides is 1. The average molecular weight is 241 g/mol. The summed E-state index contributed by atoms with van der Waals surface area (Å²) >= 11 is 0. The van der Waals surface area contributed by atoms with E-state index in [9.17, 15) is 4.79 Å². The highest BCUT2D eigenvalue weighted by molar-refractivity contribution is 5.85. The van der Waals surface area contributed by atoms with E-state index in [0.717, 1.165) is 38.9 Å². The second kappa shape index (κ2) is 4.92. The zero-order valence-electron chi connectivity index (χ0n) is 10.5. The van der Waals surface area contributed by atoms with Crippen molar-refractivity contribution in [3.63, 3.8) is 0 Å². The fourth-order valence-corrected chi connectivity index (χ4v) is 2.67. The molecule has 2 fully saturated rings.